The molecule has 0 aliphatic carbocycles. The summed E-state index contributed by atoms with van der Waals surface area (Å²) in [5.41, 5.74) is 2.81. The molecule has 1 aromatic rings. The van der Waals surface area contributed by atoms with Crippen molar-refractivity contribution in [2.24, 2.45) is 5.92 Å². The highest BCUT2D eigenvalue weighted by Gasteiger charge is 2.32. The fraction of sp³-hybridized carbons (Fsp3) is 0.650. The van der Waals surface area contributed by atoms with Crippen molar-refractivity contribution >= 4 is 5.91 Å². The van der Waals surface area contributed by atoms with Crippen molar-refractivity contribution in [3.63, 3.8) is 0 Å². The number of nitrogens with zero attached hydrogens (tertiary/aromatic N) is 1. The minimum absolute atomic E-state index is 0.251. The Balaban J connectivity index is 1.59. The van der Waals surface area contributed by atoms with E-state index in [0.717, 1.165) is 32.6 Å². The van der Waals surface area contributed by atoms with Crippen LogP contribution in [0.1, 0.15) is 49.7 Å². The Hall–Kier alpha value is -1.35. The van der Waals surface area contributed by atoms with Gasteiger partial charge in [-0.3, -0.25) is 4.79 Å². The van der Waals surface area contributed by atoms with Gasteiger partial charge in [0.15, 0.2) is 0 Å². The molecule has 0 aromatic heterocycles. The molecule has 1 aromatic carbocycles. The van der Waals surface area contributed by atoms with E-state index in [1.807, 2.05) is 0 Å². The highest BCUT2D eigenvalue weighted by Crippen LogP contribution is 2.16. The van der Waals surface area contributed by atoms with E-state index in [1.54, 1.807) is 4.90 Å². The zero-order valence-corrected chi connectivity index (χ0v) is 14.5. The molecule has 0 radical (unpaired) electrons. The van der Waals surface area contributed by atoms with Gasteiger partial charge in [-0.1, -0.05) is 37.1 Å². The quantitative estimate of drug-likeness (QED) is 0.909. The molecule has 3 rings (SSSR count). The van der Waals surface area contributed by atoms with Gasteiger partial charge in [0.25, 0.3) is 0 Å². The van der Waals surface area contributed by atoms with Crippen LogP contribution < -0.4 is 4.90 Å². The minimum Gasteiger partial charge on any atom is -0.342 e. The van der Waals surface area contributed by atoms with Crippen LogP contribution in [0, 0.1) is 12.8 Å². The van der Waals surface area contributed by atoms with Gasteiger partial charge in [-0.25, -0.2) is 0 Å². The lowest BCUT2D eigenvalue weighted by Gasteiger charge is -2.32. The fourth-order valence-corrected chi connectivity index (χ4v) is 4.15. The minimum atomic E-state index is 0.251. The number of hydrogen-bond donors (Lipinski definition) is 1. The molecular weight excluding hydrogens is 284 g/mol. The van der Waals surface area contributed by atoms with E-state index < -0.39 is 0 Å². The summed E-state index contributed by atoms with van der Waals surface area (Å²) in [6.45, 7) is 7.46. The van der Waals surface area contributed by atoms with Gasteiger partial charge in [0.2, 0.25) is 5.91 Å². The SMILES string of the molecule is Cc1ccccc1C[NH+]1CCC[C@H](C(=O)N2CCCCCC2)C1. The third-order valence-corrected chi connectivity index (χ3v) is 5.59. The molecule has 2 heterocycles. The van der Waals surface area contributed by atoms with Crippen LogP contribution in [-0.2, 0) is 11.3 Å². The van der Waals surface area contributed by atoms with E-state index in [9.17, 15) is 4.79 Å². The van der Waals surface area contributed by atoms with E-state index in [0.29, 0.717) is 5.91 Å². The van der Waals surface area contributed by atoms with Gasteiger partial charge < -0.3 is 9.80 Å². The first-order chi connectivity index (χ1) is 11.2. The average molecular weight is 315 g/mol. The molecule has 2 aliphatic rings. The Morgan fingerprint density at radius 1 is 1.13 bits per heavy atom. The second kappa shape index (κ2) is 7.96. The normalized spacial score (nSPS) is 25.9. The first-order valence-corrected chi connectivity index (χ1v) is 9.41. The molecule has 126 valence electrons. The number of amides is 1. The molecule has 0 spiro atoms. The molecule has 2 atom stereocenters. The van der Waals surface area contributed by atoms with Gasteiger partial charge in [0.05, 0.1) is 19.0 Å². The molecule has 1 amide bonds. The number of carbonyl (C=O) groups excluding carboxylic acids is 1. The second-order valence-corrected chi connectivity index (χ2v) is 7.39. The van der Waals surface area contributed by atoms with E-state index in [4.69, 9.17) is 0 Å². The summed E-state index contributed by atoms with van der Waals surface area (Å²) in [5.74, 6) is 0.690. The van der Waals surface area contributed by atoms with Crippen LogP contribution >= 0.6 is 0 Å². The number of rotatable bonds is 3. The topological polar surface area (TPSA) is 24.8 Å². The molecule has 1 N–H and O–H groups in total. The second-order valence-electron chi connectivity index (χ2n) is 7.39. The maximum atomic E-state index is 12.9. The smallest absolute Gasteiger partial charge is 0.231 e. The first kappa shape index (κ1) is 16.5. The van der Waals surface area contributed by atoms with Crippen LogP contribution in [0.25, 0.3) is 0 Å². The van der Waals surface area contributed by atoms with Gasteiger partial charge in [-0.15, -0.1) is 0 Å². The van der Waals surface area contributed by atoms with Crippen LogP contribution in [0.5, 0.6) is 0 Å². The lowest BCUT2D eigenvalue weighted by atomic mass is 9.95. The van der Waals surface area contributed by atoms with Crippen LogP contribution in [-0.4, -0.2) is 37.0 Å². The zero-order valence-electron chi connectivity index (χ0n) is 14.5. The van der Waals surface area contributed by atoms with Crippen LogP contribution in [0.2, 0.25) is 0 Å². The van der Waals surface area contributed by atoms with Crippen LogP contribution in [0.3, 0.4) is 0 Å². The Morgan fingerprint density at radius 3 is 2.61 bits per heavy atom. The Kier molecular flexibility index (Phi) is 5.71. The molecule has 1 unspecified atom stereocenters. The van der Waals surface area contributed by atoms with Gasteiger partial charge in [0.1, 0.15) is 6.54 Å². The number of benzene rings is 1. The number of piperidine rings is 1. The Labute approximate surface area is 140 Å². The van der Waals surface area contributed by atoms with E-state index in [2.05, 4.69) is 36.1 Å². The fourth-order valence-electron chi connectivity index (χ4n) is 4.15. The largest absolute Gasteiger partial charge is 0.342 e. The van der Waals surface area contributed by atoms with Crippen molar-refractivity contribution in [2.45, 2.75) is 52.0 Å². The standard InChI is InChI=1S/C20H30N2O/c1-17-9-4-5-10-18(17)15-21-12-8-11-19(16-21)20(23)22-13-6-2-3-7-14-22/h4-5,9-10,19H,2-3,6-8,11-16H2,1H3/p+1/t19-/m0/s1. The highest BCUT2D eigenvalue weighted by atomic mass is 16.2. The number of carbonyl (C=O) groups is 1. The van der Waals surface area contributed by atoms with E-state index >= 15 is 0 Å². The number of aryl methyl sites for hydroxylation is 1. The Morgan fingerprint density at radius 2 is 1.87 bits per heavy atom. The third-order valence-electron chi connectivity index (χ3n) is 5.59. The molecule has 2 aliphatic heterocycles. The van der Waals surface area contributed by atoms with Crippen molar-refractivity contribution in [2.75, 3.05) is 26.2 Å². The molecule has 3 nitrogen and oxygen atoms in total. The number of hydrogen-bond acceptors (Lipinski definition) is 1. The summed E-state index contributed by atoms with van der Waals surface area (Å²) in [6.07, 6.45) is 7.24. The molecule has 0 saturated carbocycles. The van der Waals surface area contributed by atoms with Crippen molar-refractivity contribution in [1.82, 2.24) is 4.90 Å². The van der Waals surface area contributed by atoms with Crippen molar-refractivity contribution in [3.05, 3.63) is 35.4 Å². The third kappa shape index (κ3) is 4.35. The van der Waals surface area contributed by atoms with Crippen molar-refractivity contribution in [3.8, 4) is 0 Å². The molecular formula is C20H31N2O+. The highest BCUT2D eigenvalue weighted by molar-refractivity contribution is 5.79. The van der Waals surface area contributed by atoms with E-state index in [1.165, 1.54) is 49.8 Å². The Bertz CT molecular complexity index is 520. The number of likely N-dealkylation sites (tertiary alicyclic amines) is 2. The molecule has 2 saturated heterocycles. The number of nitrogens with one attached hydrogen (secondary N) is 1. The van der Waals surface area contributed by atoms with Crippen molar-refractivity contribution in [1.29, 1.82) is 0 Å². The summed E-state index contributed by atoms with van der Waals surface area (Å²) in [7, 11) is 0. The lowest BCUT2D eigenvalue weighted by Crippen LogP contribution is -3.12. The zero-order chi connectivity index (χ0) is 16.1. The molecule has 3 heteroatoms. The maximum Gasteiger partial charge on any atom is 0.231 e. The summed E-state index contributed by atoms with van der Waals surface area (Å²) in [5, 5.41) is 0. The average Bonchev–Trinajstić information content (AvgIpc) is 2.86. The van der Waals surface area contributed by atoms with Crippen LogP contribution in [0.15, 0.2) is 24.3 Å². The summed E-state index contributed by atoms with van der Waals surface area (Å²) in [4.78, 5) is 16.6. The monoisotopic (exact) mass is 315 g/mol. The van der Waals surface area contributed by atoms with Gasteiger partial charge in [0, 0.05) is 18.7 Å². The lowest BCUT2D eigenvalue weighted by molar-refractivity contribution is -0.921. The molecule has 2 fully saturated rings. The summed E-state index contributed by atoms with van der Waals surface area (Å²) < 4.78 is 0. The number of quaternary nitrogens is 1. The predicted octanol–water partition coefficient (Wildman–Crippen LogP) is 2.19. The summed E-state index contributed by atoms with van der Waals surface area (Å²) in [6, 6.07) is 8.67. The van der Waals surface area contributed by atoms with Gasteiger partial charge >= 0.3 is 0 Å². The first-order valence-electron chi connectivity index (χ1n) is 9.41. The molecule has 23 heavy (non-hydrogen) atoms. The molecule has 0 bridgehead atoms. The van der Waals surface area contributed by atoms with E-state index in [-0.39, 0.29) is 5.92 Å². The maximum absolute atomic E-state index is 12.9. The van der Waals surface area contributed by atoms with Crippen molar-refractivity contribution < 1.29 is 9.69 Å². The predicted molar refractivity (Wildman–Crippen MR) is 93.4 cm³/mol. The van der Waals surface area contributed by atoms with Gasteiger partial charge in [-0.05, 0) is 38.2 Å². The summed E-state index contributed by atoms with van der Waals surface area (Å²) >= 11 is 0. The van der Waals surface area contributed by atoms with Gasteiger partial charge in [-0.2, -0.15) is 0 Å². The van der Waals surface area contributed by atoms with Crippen LogP contribution in [0.4, 0.5) is 0 Å².